The molecule has 0 heterocycles. The predicted octanol–water partition coefficient (Wildman–Crippen LogP) is 3.41. The fourth-order valence-corrected chi connectivity index (χ4v) is 4.48. The van der Waals surface area contributed by atoms with Gasteiger partial charge in [-0.15, -0.1) is 0 Å². The number of hydrogen-bond donors (Lipinski definition) is 1. The lowest BCUT2D eigenvalue weighted by Gasteiger charge is -2.18. The van der Waals surface area contributed by atoms with Gasteiger partial charge in [0.05, 0.1) is 0 Å². The van der Waals surface area contributed by atoms with Gasteiger partial charge in [-0.05, 0) is 30.4 Å². The van der Waals surface area contributed by atoms with Crippen LogP contribution in [0.15, 0.2) is 91.0 Å². The Kier molecular flexibility index (Phi) is 6.83. The summed E-state index contributed by atoms with van der Waals surface area (Å²) in [6, 6.07) is 32.3. The summed E-state index contributed by atoms with van der Waals surface area (Å²) in [5.74, 6) is 0. The standard InChI is InChI=1S/C18H15P.C2H7N/c1-4-10-16(11-5-1)19(17-12-6-2-7-13-17)18-14-8-3-9-15-18;1-2-3/h1-15H;2-3H2,1H3. The smallest absolute Gasteiger partial charge is 0.0106 e. The zero-order chi connectivity index (χ0) is 15.6. The number of hydrogen-bond acceptors (Lipinski definition) is 1. The van der Waals surface area contributed by atoms with Crippen LogP contribution < -0.4 is 21.6 Å². The molecule has 1 nitrogen and oxygen atoms in total. The molecular formula is C20H22NP. The molecule has 0 amide bonds. The molecule has 2 N–H and O–H groups in total. The molecule has 0 aliphatic rings. The molecule has 0 aromatic heterocycles. The van der Waals surface area contributed by atoms with Crippen LogP contribution in [0.4, 0.5) is 0 Å². The first-order valence-corrected chi connectivity index (χ1v) is 8.86. The largest absolute Gasteiger partial charge is 0.331 e. The average molecular weight is 307 g/mol. The van der Waals surface area contributed by atoms with E-state index < -0.39 is 7.92 Å². The molecule has 3 aromatic carbocycles. The van der Waals surface area contributed by atoms with Crippen LogP contribution in [-0.4, -0.2) is 6.54 Å². The molecule has 0 bridgehead atoms. The molecule has 0 unspecified atom stereocenters. The third-order valence-electron chi connectivity index (χ3n) is 3.04. The highest BCUT2D eigenvalue weighted by atomic mass is 31.1. The second-order valence-electron chi connectivity index (χ2n) is 4.75. The van der Waals surface area contributed by atoms with E-state index in [1.54, 1.807) is 0 Å². The van der Waals surface area contributed by atoms with Gasteiger partial charge in [-0.3, -0.25) is 0 Å². The Balaban J connectivity index is 0.000000545. The van der Waals surface area contributed by atoms with Crippen molar-refractivity contribution < 1.29 is 0 Å². The summed E-state index contributed by atoms with van der Waals surface area (Å²) < 4.78 is 0. The molecular weight excluding hydrogens is 285 g/mol. The molecule has 0 saturated carbocycles. The van der Waals surface area contributed by atoms with Crippen LogP contribution >= 0.6 is 7.92 Å². The Hall–Kier alpha value is -1.95. The van der Waals surface area contributed by atoms with Crippen molar-refractivity contribution in [3.63, 3.8) is 0 Å². The summed E-state index contributed by atoms with van der Waals surface area (Å²) >= 11 is 0. The van der Waals surface area contributed by atoms with Gasteiger partial charge in [0.2, 0.25) is 0 Å². The van der Waals surface area contributed by atoms with E-state index in [4.69, 9.17) is 5.73 Å². The first-order chi connectivity index (χ1) is 10.9. The van der Waals surface area contributed by atoms with Gasteiger partial charge in [0.1, 0.15) is 0 Å². The zero-order valence-corrected chi connectivity index (χ0v) is 13.8. The lowest BCUT2D eigenvalue weighted by molar-refractivity contribution is 1.14. The third kappa shape index (κ3) is 4.53. The van der Waals surface area contributed by atoms with E-state index in [9.17, 15) is 0 Å². The molecule has 22 heavy (non-hydrogen) atoms. The van der Waals surface area contributed by atoms with Crippen LogP contribution in [0, 0.1) is 0 Å². The third-order valence-corrected chi connectivity index (χ3v) is 5.49. The van der Waals surface area contributed by atoms with Crippen LogP contribution in [0.1, 0.15) is 6.92 Å². The summed E-state index contributed by atoms with van der Waals surface area (Å²) in [4.78, 5) is 0. The van der Waals surface area contributed by atoms with Crippen molar-refractivity contribution in [3.05, 3.63) is 91.0 Å². The molecule has 0 fully saturated rings. The van der Waals surface area contributed by atoms with Gasteiger partial charge >= 0.3 is 0 Å². The lowest BCUT2D eigenvalue weighted by Crippen LogP contribution is -2.20. The molecule has 3 rings (SSSR count). The van der Waals surface area contributed by atoms with Crippen molar-refractivity contribution in [1.82, 2.24) is 0 Å². The Morgan fingerprint density at radius 2 is 0.818 bits per heavy atom. The molecule has 112 valence electrons. The molecule has 3 aromatic rings. The van der Waals surface area contributed by atoms with E-state index in [0.717, 1.165) is 6.54 Å². The van der Waals surface area contributed by atoms with Crippen LogP contribution in [-0.2, 0) is 0 Å². The monoisotopic (exact) mass is 307 g/mol. The SMILES string of the molecule is CCN.c1ccc(P(c2ccccc2)c2ccccc2)cc1. The minimum atomic E-state index is -0.446. The molecule has 0 saturated heterocycles. The topological polar surface area (TPSA) is 26.0 Å². The van der Waals surface area contributed by atoms with Gasteiger partial charge < -0.3 is 5.73 Å². The fraction of sp³-hybridized carbons (Fsp3) is 0.100. The highest BCUT2D eigenvalue weighted by molar-refractivity contribution is 7.79. The van der Waals surface area contributed by atoms with E-state index in [1.165, 1.54) is 15.9 Å². The van der Waals surface area contributed by atoms with E-state index in [-0.39, 0.29) is 0 Å². The molecule has 0 aliphatic heterocycles. The van der Waals surface area contributed by atoms with Crippen LogP contribution in [0.5, 0.6) is 0 Å². The minimum Gasteiger partial charge on any atom is -0.331 e. The van der Waals surface area contributed by atoms with Crippen molar-refractivity contribution in [2.75, 3.05) is 6.54 Å². The molecule has 0 radical (unpaired) electrons. The van der Waals surface area contributed by atoms with Crippen molar-refractivity contribution in [2.45, 2.75) is 6.92 Å². The van der Waals surface area contributed by atoms with Crippen LogP contribution in [0.2, 0.25) is 0 Å². The first kappa shape index (κ1) is 16.4. The summed E-state index contributed by atoms with van der Waals surface area (Å²) in [6.07, 6.45) is 0. The Labute approximate surface area is 134 Å². The van der Waals surface area contributed by atoms with Crippen molar-refractivity contribution in [2.24, 2.45) is 5.73 Å². The quantitative estimate of drug-likeness (QED) is 0.737. The number of rotatable bonds is 3. The second-order valence-corrected chi connectivity index (χ2v) is 6.97. The maximum absolute atomic E-state index is 4.85. The number of nitrogens with two attached hydrogens (primary N) is 1. The van der Waals surface area contributed by atoms with Gasteiger partial charge in [0, 0.05) is 0 Å². The van der Waals surface area contributed by atoms with Gasteiger partial charge in [0.25, 0.3) is 0 Å². The summed E-state index contributed by atoms with van der Waals surface area (Å²) in [6.45, 7) is 2.65. The summed E-state index contributed by atoms with van der Waals surface area (Å²) in [7, 11) is -0.446. The molecule has 2 heteroatoms. The maximum Gasteiger partial charge on any atom is -0.0106 e. The van der Waals surface area contributed by atoms with Crippen molar-refractivity contribution in [1.29, 1.82) is 0 Å². The predicted molar refractivity (Wildman–Crippen MR) is 99.9 cm³/mol. The van der Waals surface area contributed by atoms with Crippen LogP contribution in [0.25, 0.3) is 0 Å². The molecule has 0 atom stereocenters. The first-order valence-electron chi connectivity index (χ1n) is 7.52. The molecule has 0 spiro atoms. The van der Waals surface area contributed by atoms with Gasteiger partial charge in [-0.25, -0.2) is 0 Å². The lowest BCUT2D eigenvalue weighted by atomic mass is 10.4. The van der Waals surface area contributed by atoms with Gasteiger partial charge in [-0.2, -0.15) is 0 Å². The highest BCUT2D eigenvalue weighted by Gasteiger charge is 2.14. The van der Waals surface area contributed by atoms with Crippen molar-refractivity contribution in [3.8, 4) is 0 Å². The minimum absolute atomic E-state index is 0.446. The molecule has 0 aliphatic carbocycles. The van der Waals surface area contributed by atoms with Crippen molar-refractivity contribution >= 4 is 23.8 Å². The normalized spacial score (nSPS) is 9.95. The highest BCUT2D eigenvalue weighted by Crippen LogP contribution is 2.32. The van der Waals surface area contributed by atoms with Gasteiger partial charge in [0.15, 0.2) is 0 Å². The van der Waals surface area contributed by atoms with E-state index in [1.807, 2.05) is 6.92 Å². The number of benzene rings is 3. The maximum atomic E-state index is 4.85. The fourth-order valence-electron chi connectivity index (χ4n) is 2.18. The second kappa shape index (κ2) is 9.15. The Morgan fingerprint density at radius 3 is 1.05 bits per heavy atom. The average Bonchev–Trinajstić information content (AvgIpc) is 2.59. The Morgan fingerprint density at radius 1 is 0.591 bits per heavy atom. The Bertz CT molecular complexity index is 544. The van der Waals surface area contributed by atoms with Crippen LogP contribution in [0.3, 0.4) is 0 Å². The van der Waals surface area contributed by atoms with E-state index >= 15 is 0 Å². The zero-order valence-electron chi connectivity index (χ0n) is 12.9. The van der Waals surface area contributed by atoms with E-state index in [0.29, 0.717) is 0 Å². The summed E-state index contributed by atoms with van der Waals surface area (Å²) in [5.41, 5.74) is 4.85. The summed E-state index contributed by atoms with van der Waals surface area (Å²) in [5, 5.41) is 4.19. The van der Waals surface area contributed by atoms with E-state index in [2.05, 4.69) is 91.0 Å². The van der Waals surface area contributed by atoms with Gasteiger partial charge in [-0.1, -0.05) is 97.9 Å².